The summed E-state index contributed by atoms with van der Waals surface area (Å²) in [6.07, 6.45) is 8.25. The third kappa shape index (κ3) is 3.55. The Bertz CT molecular complexity index is 375. The Hall–Kier alpha value is -1.38. The van der Waals surface area contributed by atoms with Crippen molar-refractivity contribution in [2.24, 2.45) is 16.6 Å². The van der Waals surface area contributed by atoms with Crippen LogP contribution < -0.4 is 5.73 Å². The lowest BCUT2D eigenvalue weighted by atomic mass is 9.88. The van der Waals surface area contributed by atoms with Gasteiger partial charge >= 0.3 is 0 Å². The average Bonchev–Trinajstić information content (AvgIpc) is 2.39. The van der Waals surface area contributed by atoms with Crippen LogP contribution in [-0.2, 0) is 6.54 Å². The number of aliphatic imine (C=N–C) groups is 1. The zero-order valence-electron chi connectivity index (χ0n) is 10.5. The highest BCUT2D eigenvalue weighted by Crippen LogP contribution is 2.23. The topological polar surface area (TPSA) is 51.3 Å². The number of hydrogen-bond acceptors (Lipinski definition) is 2. The van der Waals surface area contributed by atoms with Gasteiger partial charge in [0.2, 0.25) is 0 Å². The maximum absolute atomic E-state index is 6.06. The monoisotopic (exact) mass is 231 g/mol. The number of hydrogen-bond donors (Lipinski definition) is 1. The number of rotatable bonds is 3. The summed E-state index contributed by atoms with van der Waals surface area (Å²) in [5, 5.41) is 0. The molecule has 1 aromatic heterocycles. The molecule has 0 atom stereocenters. The largest absolute Gasteiger partial charge is 0.387 e. The Morgan fingerprint density at radius 3 is 2.76 bits per heavy atom. The van der Waals surface area contributed by atoms with Gasteiger partial charge in [-0.25, -0.2) is 0 Å². The Morgan fingerprint density at radius 2 is 2.12 bits per heavy atom. The molecule has 0 bridgehead atoms. The van der Waals surface area contributed by atoms with Gasteiger partial charge in [0, 0.05) is 17.8 Å². The minimum absolute atomic E-state index is 0.516. The summed E-state index contributed by atoms with van der Waals surface area (Å²) in [5.41, 5.74) is 8.23. The first kappa shape index (κ1) is 12.1. The quantitative estimate of drug-likeness (QED) is 0.642. The molecule has 92 valence electrons. The van der Waals surface area contributed by atoms with E-state index in [1.165, 1.54) is 32.1 Å². The minimum Gasteiger partial charge on any atom is -0.387 e. The molecule has 1 fully saturated rings. The molecule has 1 saturated carbocycles. The van der Waals surface area contributed by atoms with Crippen LogP contribution >= 0.6 is 0 Å². The summed E-state index contributed by atoms with van der Waals surface area (Å²) in [6, 6.07) is 4.08. The van der Waals surface area contributed by atoms with E-state index in [1.54, 1.807) is 0 Å². The highest BCUT2D eigenvalue weighted by atomic mass is 14.9. The number of nitrogens with two attached hydrogens (primary N) is 1. The van der Waals surface area contributed by atoms with Crippen molar-refractivity contribution in [3.8, 4) is 0 Å². The van der Waals surface area contributed by atoms with Gasteiger partial charge in [0.1, 0.15) is 0 Å². The lowest BCUT2D eigenvalue weighted by molar-refractivity contribution is 0.436. The molecule has 0 saturated heterocycles. The van der Waals surface area contributed by atoms with Crippen molar-refractivity contribution >= 4 is 5.84 Å². The summed E-state index contributed by atoms with van der Waals surface area (Å²) < 4.78 is 0. The van der Waals surface area contributed by atoms with E-state index in [9.17, 15) is 0 Å². The lowest BCUT2D eigenvalue weighted by Crippen LogP contribution is -2.25. The summed E-state index contributed by atoms with van der Waals surface area (Å²) in [6.45, 7) is 2.65. The third-order valence-corrected chi connectivity index (χ3v) is 3.44. The van der Waals surface area contributed by atoms with Crippen LogP contribution in [0.2, 0.25) is 0 Å². The van der Waals surface area contributed by atoms with E-state index in [0.29, 0.717) is 12.5 Å². The van der Waals surface area contributed by atoms with Crippen LogP contribution in [0.3, 0.4) is 0 Å². The molecule has 2 N–H and O–H groups in total. The summed E-state index contributed by atoms with van der Waals surface area (Å²) in [5.74, 6) is 1.35. The molecule has 1 aromatic rings. The van der Waals surface area contributed by atoms with Gasteiger partial charge in [-0.2, -0.15) is 0 Å². The van der Waals surface area contributed by atoms with Crippen LogP contribution in [0.4, 0.5) is 0 Å². The molecule has 2 rings (SSSR count). The van der Waals surface area contributed by atoms with Gasteiger partial charge in [0.15, 0.2) is 0 Å². The predicted octanol–water partition coefficient (Wildman–Crippen LogP) is 2.83. The van der Waals surface area contributed by atoms with Gasteiger partial charge in [-0.15, -0.1) is 0 Å². The molecule has 1 aliphatic carbocycles. The van der Waals surface area contributed by atoms with Crippen LogP contribution in [-0.4, -0.2) is 10.8 Å². The van der Waals surface area contributed by atoms with Crippen molar-refractivity contribution in [1.82, 2.24) is 4.98 Å². The highest BCUT2D eigenvalue weighted by Gasteiger charge is 2.16. The van der Waals surface area contributed by atoms with Crippen molar-refractivity contribution in [2.45, 2.75) is 45.6 Å². The number of pyridine rings is 1. The van der Waals surface area contributed by atoms with Crippen molar-refractivity contribution in [3.63, 3.8) is 0 Å². The predicted molar refractivity (Wildman–Crippen MR) is 70.9 cm³/mol. The van der Waals surface area contributed by atoms with E-state index in [0.717, 1.165) is 17.1 Å². The standard InChI is InChI=1S/C14H21N3/c1-11-7-8-12(9-16-11)10-17-14(15)13-5-3-2-4-6-13/h7-9,13H,2-6,10H2,1H3,(H2,15,17). The fraction of sp³-hybridized carbons (Fsp3) is 0.571. The Kier molecular flexibility index (Phi) is 4.13. The highest BCUT2D eigenvalue weighted by molar-refractivity contribution is 5.82. The number of nitrogens with zero attached hydrogens (tertiary/aromatic N) is 2. The second-order valence-electron chi connectivity index (χ2n) is 4.88. The molecule has 3 heteroatoms. The first-order chi connectivity index (χ1) is 8.25. The third-order valence-electron chi connectivity index (χ3n) is 3.44. The number of aromatic nitrogens is 1. The second-order valence-corrected chi connectivity index (χ2v) is 4.88. The van der Waals surface area contributed by atoms with Crippen molar-refractivity contribution in [1.29, 1.82) is 0 Å². The van der Waals surface area contributed by atoms with Crippen LogP contribution in [0, 0.1) is 12.8 Å². The fourth-order valence-electron chi connectivity index (χ4n) is 2.30. The van der Waals surface area contributed by atoms with Gasteiger partial charge in [-0.3, -0.25) is 9.98 Å². The van der Waals surface area contributed by atoms with Gasteiger partial charge in [0.05, 0.1) is 12.4 Å². The fourth-order valence-corrected chi connectivity index (χ4v) is 2.30. The molecule has 0 aliphatic heterocycles. The van der Waals surface area contributed by atoms with Gasteiger partial charge < -0.3 is 5.73 Å². The molecule has 0 unspecified atom stereocenters. The first-order valence-corrected chi connectivity index (χ1v) is 6.47. The average molecular weight is 231 g/mol. The Morgan fingerprint density at radius 1 is 1.35 bits per heavy atom. The molecular formula is C14H21N3. The van der Waals surface area contributed by atoms with Crippen LogP contribution in [0.5, 0.6) is 0 Å². The van der Waals surface area contributed by atoms with Crippen molar-refractivity contribution in [3.05, 3.63) is 29.6 Å². The number of amidine groups is 1. The van der Waals surface area contributed by atoms with Crippen LogP contribution in [0.15, 0.2) is 23.3 Å². The SMILES string of the molecule is Cc1ccc(CN=C(N)C2CCCCC2)cn1. The smallest absolute Gasteiger partial charge is 0.0972 e. The molecular weight excluding hydrogens is 210 g/mol. The maximum Gasteiger partial charge on any atom is 0.0972 e. The molecule has 1 heterocycles. The zero-order valence-corrected chi connectivity index (χ0v) is 10.5. The normalized spacial score (nSPS) is 18.3. The van der Waals surface area contributed by atoms with Gasteiger partial charge in [-0.05, 0) is 31.4 Å². The van der Waals surface area contributed by atoms with E-state index in [2.05, 4.69) is 16.0 Å². The second kappa shape index (κ2) is 5.80. The summed E-state index contributed by atoms with van der Waals surface area (Å²) >= 11 is 0. The molecule has 17 heavy (non-hydrogen) atoms. The van der Waals surface area contributed by atoms with E-state index in [4.69, 9.17) is 5.73 Å². The van der Waals surface area contributed by atoms with E-state index < -0.39 is 0 Å². The Labute approximate surface area is 103 Å². The molecule has 0 amide bonds. The Balaban J connectivity index is 1.92. The maximum atomic E-state index is 6.06. The van der Waals surface area contributed by atoms with E-state index >= 15 is 0 Å². The molecule has 0 spiro atoms. The first-order valence-electron chi connectivity index (χ1n) is 6.47. The minimum atomic E-state index is 0.516. The van der Waals surface area contributed by atoms with Crippen molar-refractivity contribution < 1.29 is 0 Å². The molecule has 1 aliphatic rings. The summed E-state index contributed by atoms with van der Waals surface area (Å²) in [7, 11) is 0. The van der Waals surface area contributed by atoms with Crippen LogP contribution in [0.1, 0.15) is 43.4 Å². The van der Waals surface area contributed by atoms with Gasteiger partial charge in [0.25, 0.3) is 0 Å². The van der Waals surface area contributed by atoms with E-state index in [1.807, 2.05) is 19.2 Å². The van der Waals surface area contributed by atoms with Crippen LogP contribution in [0.25, 0.3) is 0 Å². The lowest BCUT2D eigenvalue weighted by Gasteiger charge is -2.20. The van der Waals surface area contributed by atoms with Crippen molar-refractivity contribution in [2.75, 3.05) is 0 Å². The summed E-state index contributed by atoms with van der Waals surface area (Å²) in [4.78, 5) is 8.76. The molecule has 0 aromatic carbocycles. The zero-order chi connectivity index (χ0) is 12.1. The van der Waals surface area contributed by atoms with E-state index in [-0.39, 0.29) is 0 Å². The molecule has 0 radical (unpaired) electrons. The molecule has 3 nitrogen and oxygen atoms in total. The van der Waals surface area contributed by atoms with Gasteiger partial charge in [-0.1, -0.05) is 25.3 Å². The number of aryl methyl sites for hydroxylation is 1.